The Morgan fingerprint density at radius 1 is 1.32 bits per heavy atom. The average molecular weight is 261 g/mol. The molecule has 6 nitrogen and oxygen atoms in total. The van der Waals surface area contributed by atoms with Gasteiger partial charge in [-0.1, -0.05) is 13.8 Å². The number of hydrogen-bond acceptors (Lipinski definition) is 5. The molecule has 0 aliphatic heterocycles. The highest BCUT2D eigenvalue weighted by Gasteiger charge is 2.03. The molecule has 0 saturated carbocycles. The van der Waals surface area contributed by atoms with Gasteiger partial charge in [-0.25, -0.2) is 0 Å². The fourth-order valence-corrected chi connectivity index (χ4v) is 1.50. The predicted octanol–water partition coefficient (Wildman–Crippen LogP) is 1.98. The van der Waals surface area contributed by atoms with E-state index in [0.29, 0.717) is 24.2 Å². The monoisotopic (exact) mass is 261 g/mol. The minimum atomic E-state index is 0.428. The smallest absolute Gasteiger partial charge is 0.239 e. The number of aryl methyl sites for hydroxylation is 1. The molecule has 2 rings (SSSR count). The van der Waals surface area contributed by atoms with Gasteiger partial charge in [-0.3, -0.25) is 4.68 Å². The van der Waals surface area contributed by atoms with E-state index >= 15 is 0 Å². The van der Waals surface area contributed by atoms with Crippen molar-refractivity contribution in [1.82, 2.24) is 25.3 Å². The summed E-state index contributed by atoms with van der Waals surface area (Å²) < 4.78 is 7.36. The maximum absolute atomic E-state index is 5.56. The van der Waals surface area contributed by atoms with E-state index in [9.17, 15) is 0 Å². The lowest BCUT2D eigenvalue weighted by Crippen LogP contribution is -2.22. The van der Waals surface area contributed by atoms with Gasteiger partial charge in [-0.15, -0.1) is 5.10 Å². The van der Waals surface area contributed by atoms with Crippen LogP contribution < -0.4 is 10.1 Å². The van der Waals surface area contributed by atoms with Crippen LogP contribution in [0.15, 0.2) is 24.5 Å². The van der Waals surface area contributed by atoms with E-state index in [-0.39, 0.29) is 0 Å². The second-order valence-corrected chi connectivity index (χ2v) is 4.53. The van der Waals surface area contributed by atoms with Crippen molar-refractivity contribution in [2.75, 3.05) is 0 Å². The Labute approximate surface area is 112 Å². The maximum Gasteiger partial charge on any atom is 0.239 e. The molecule has 2 aromatic heterocycles. The number of ether oxygens (including phenoxy) is 1. The van der Waals surface area contributed by atoms with Gasteiger partial charge in [-0.2, -0.15) is 10.2 Å². The van der Waals surface area contributed by atoms with Crippen molar-refractivity contribution >= 4 is 0 Å². The number of hydrogen-bond donors (Lipinski definition) is 1. The van der Waals surface area contributed by atoms with Gasteiger partial charge in [0.1, 0.15) is 0 Å². The minimum absolute atomic E-state index is 0.428. The van der Waals surface area contributed by atoms with Gasteiger partial charge in [0.25, 0.3) is 0 Å². The van der Waals surface area contributed by atoms with Crippen molar-refractivity contribution < 1.29 is 4.74 Å². The van der Waals surface area contributed by atoms with Gasteiger partial charge in [0, 0.05) is 25.2 Å². The summed E-state index contributed by atoms with van der Waals surface area (Å²) in [6.07, 6.45) is 3.50. The lowest BCUT2D eigenvalue weighted by Gasteiger charge is -2.07. The topological polar surface area (TPSA) is 64.9 Å². The summed E-state index contributed by atoms with van der Waals surface area (Å²) >= 11 is 0. The minimum Gasteiger partial charge on any atom is -0.434 e. The molecule has 6 heteroatoms. The standard InChI is InChI=1S/C13H19N5O/c1-4-18-9-12(8-15-18)19-13-6-5-11(16-17-13)7-14-10(2)3/h5-6,8-10,14H,4,7H2,1-3H3. The molecule has 1 N–H and O–H groups in total. The van der Waals surface area contributed by atoms with E-state index in [2.05, 4.69) is 34.5 Å². The molecule has 0 bridgehead atoms. The summed E-state index contributed by atoms with van der Waals surface area (Å²) in [5.41, 5.74) is 0.894. The SMILES string of the molecule is CCn1cc(Oc2ccc(CNC(C)C)nn2)cn1. The highest BCUT2D eigenvalue weighted by atomic mass is 16.5. The molecule has 2 aromatic rings. The first-order chi connectivity index (χ1) is 9.17. The van der Waals surface area contributed by atoms with Crippen LogP contribution in [0.3, 0.4) is 0 Å². The van der Waals surface area contributed by atoms with Crippen LogP contribution in [-0.4, -0.2) is 26.0 Å². The van der Waals surface area contributed by atoms with E-state index in [1.165, 1.54) is 0 Å². The van der Waals surface area contributed by atoms with E-state index in [1.807, 2.05) is 25.3 Å². The van der Waals surface area contributed by atoms with Gasteiger partial charge in [0.15, 0.2) is 5.75 Å². The van der Waals surface area contributed by atoms with Crippen molar-refractivity contribution in [3.05, 3.63) is 30.2 Å². The molecule has 19 heavy (non-hydrogen) atoms. The summed E-state index contributed by atoms with van der Waals surface area (Å²) in [5, 5.41) is 15.6. The lowest BCUT2D eigenvalue weighted by molar-refractivity contribution is 0.451. The Morgan fingerprint density at radius 2 is 2.16 bits per heavy atom. The number of nitrogens with one attached hydrogen (secondary N) is 1. The lowest BCUT2D eigenvalue weighted by atomic mass is 10.3. The molecule has 0 aliphatic carbocycles. The molecule has 0 unspecified atom stereocenters. The van der Waals surface area contributed by atoms with Crippen molar-refractivity contribution in [2.24, 2.45) is 0 Å². The third-order valence-electron chi connectivity index (χ3n) is 2.54. The molecule has 0 radical (unpaired) electrons. The van der Waals surface area contributed by atoms with Crippen LogP contribution in [0.25, 0.3) is 0 Å². The predicted molar refractivity (Wildman–Crippen MR) is 72.0 cm³/mol. The Bertz CT molecular complexity index is 506. The largest absolute Gasteiger partial charge is 0.434 e. The molecule has 0 aromatic carbocycles. The zero-order chi connectivity index (χ0) is 13.7. The third kappa shape index (κ3) is 4.03. The van der Waals surface area contributed by atoms with Crippen LogP contribution in [0, 0.1) is 0 Å². The molecule has 102 valence electrons. The summed E-state index contributed by atoms with van der Waals surface area (Å²) in [7, 11) is 0. The van der Waals surface area contributed by atoms with Crippen LogP contribution in [-0.2, 0) is 13.1 Å². The molecular weight excluding hydrogens is 242 g/mol. The van der Waals surface area contributed by atoms with Gasteiger partial charge in [0.05, 0.1) is 18.1 Å². The highest BCUT2D eigenvalue weighted by molar-refractivity contribution is 5.21. The van der Waals surface area contributed by atoms with Crippen molar-refractivity contribution in [2.45, 2.75) is 39.9 Å². The summed E-state index contributed by atoms with van der Waals surface area (Å²) in [6, 6.07) is 4.15. The third-order valence-corrected chi connectivity index (χ3v) is 2.54. The van der Waals surface area contributed by atoms with Crippen molar-refractivity contribution in [3.63, 3.8) is 0 Å². The Hall–Kier alpha value is -1.95. The van der Waals surface area contributed by atoms with E-state index in [0.717, 1.165) is 12.2 Å². The first kappa shape index (κ1) is 13.5. The molecule has 0 fully saturated rings. The Morgan fingerprint density at radius 3 is 2.74 bits per heavy atom. The van der Waals surface area contributed by atoms with Crippen molar-refractivity contribution in [1.29, 1.82) is 0 Å². The molecule has 2 heterocycles. The van der Waals surface area contributed by atoms with Crippen LogP contribution in [0.5, 0.6) is 11.6 Å². The second-order valence-electron chi connectivity index (χ2n) is 4.53. The van der Waals surface area contributed by atoms with Crippen LogP contribution >= 0.6 is 0 Å². The summed E-state index contributed by atoms with van der Waals surface area (Å²) in [4.78, 5) is 0. The fourth-order valence-electron chi connectivity index (χ4n) is 1.50. The molecule has 0 atom stereocenters. The molecule has 0 aliphatic rings. The second kappa shape index (κ2) is 6.29. The number of aromatic nitrogens is 4. The first-order valence-corrected chi connectivity index (χ1v) is 6.43. The molecule has 0 amide bonds. The van der Waals surface area contributed by atoms with Crippen molar-refractivity contribution in [3.8, 4) is 11.6 Å². The van der Waals surface area contributed by atoms with Crippen LogP contribution in [0.2, 0.25) is 0 Å². The van der Waals surface area contributed by atoms with Gasteiger partial charge < -0.3 is 10.1 Å². The van der Waals surface area contributed by atoms with Gasteiger partial charge in [-0.05, 0) is 13.0 Å². The average Bonchev–Trinajstić information content (AvgIpc) is 2.85. The number of rotatable bonds is 6. The van der Waals surface area contributed by atoms with E-state index < -0.39 is 0 Å². The summed E-state index contributed by atoms with van der Waals surface area (Å²) in [5.74, 6) is 1.15. The maximum atomic E-state index is 5.56. The van der Waals surface area contributed by atoms with Gasteiger partial charge >= 0.3 is 0 Å². The number of nitrogens with zero attached hydrogens (tertiary/aromatic N) is 4. The zero-order valence-electron chi connectivity index (χ0n) is 11.5. The highest BCUT2D eigenvalue weighted by Crippen LogP contribution is 2.17. The first-order valence-electron chi connectivity index (χ1n) is 6.43. The normalized spacial score (nSPS) is 10.9. The van der Waals surface area contributed by atoms with E-state index in [1.54, 1.807) is 10.9 Å². The quantitative estimate of drug-likeness (QED) is 0.861. The molecule has 0 spiro atoms. The fraction of sp³-hybridized carbons (Fsp3) is 0.462. The molecular formula is C13H19N5O. The van der Waals surface area contributed by atoms with Crippen LogP contribution in [0.1, 0.15) is 26.5 Å². The zero-order valence-corrected chi connectivity index (χ0v) is 11.5. The summed E-state index contributed by atoms with van der Waals surface area (Å²) in [6.45, 7) is 7.73. The Balaban J connectivity index is 1.94. The molecule has 0 saturated heterocycles. The van der Waals surface area contributed by atoms with Gasteiger partial charge in [0.2, 0.25) is 5.88 Å². The Kier molecular flexibility index (Phi) is 4.46. The van der Waals surface area contributed by atoms with Crippen LogP contribution in [0.4, 0.5) is 0 Å². The van der Waals surface area contributed by atoms with E-state index in [4.69, 9.17) is 4.74 Å².